The summed E-state index contributed by atoms with van der Waals surface area (Å²) in [7, 11) is 0. The first-order chi connectivity index (χ1) is 9.61. The lowest BCUT2D eigenvalue weighted by Gasteiger charge is -2.24. The van der Waals surface area contributed by atoms with E-state index in [1.807, 2.05) is 0 Å². The molecular weight excluding hydrogens is 268 g/mol. The van der Waals surface area contributed by atoms with Crippen molar-refractivity contribution in [1.29, 1.82) is 0 Å². The summed E-state index contributed by atoms with van der Waals surface area (Å²) in [6.07, 6.45) is -2.62. The second kappa shape index (κ2) is 6.51. The normalized spacial score (nSPS) is 13.4. The van der Waals surface area contributed by atoms with Gasteiger partial charge in [-0.3, -0.25) is 4.79 Å². The van der Waals surface area contributed by atoms with Gasteiger partial charge in [0.15, 0.2) is 0 Å². The van der Waals surface area contributed by atoms with Crippen LogP contribution in [0.25, 0.3) is 0 Å². The second-order valence-electron chi connectivity index (χ2n) is 4.48. The number of carbonyl (C=O) groups is 1. The molecule has 1 aromatic rings. The van der Waals surface area contributed by atoms with Gasteiger partial charge in [0, 0.05) is 25.2 Å². The second-order valence-corrected chi connectivity index (χ2v) is 4.48. The van der Waals surface area contributed by atoms with Crippen molar-refractivity contribution in [1.82, 2.24) is 4.90 Å². The van der Waals surface area contributed by atoms with Crippen LogP contribution in [-0.4, -0.2) is 55.1 Å². The van der Waals surface area contributed by atoms with Crippen molar-refractivity contribution in [2.45, 2.75) is 6.43 Å². The molecule has 3 N–H and O–H groups in total. The molecule has 1 aromatic carbocycles. The van der Waals surface area contributed by atoms with E-state index >= 15 is 0 Å². The molecule has 0 saturated heterocycles. The molecule has 0 aliphatic carbocycles. The lowest BCUT2D eigenvalue weighted by molar-refractivity contribution is 0.0509. The molecule has 0 bridgehead atoms. The number of hydrogen-bond donors (Lipinski definition) is 3. The predicted molar refractivity (Wildman–Crippen MR) is 72.4 cm³/mol. The van der Waals surface area contributed by atoms with Crippen LogP contribution in [0.3, 0.4) is 0 Å². The Morgan fingerprint density at radius 1 is 1.30 bits per heavy atom. The van der Waals surface area contributed by atoms with Crippen LogP contribution in [0.15, 0.2) is 18.2 Å². The van der Waals surface area contributed by atoms with Crippen LogP contribution in [-0.2, 0) is 0 Å². The summed E-state index contributed by atoms with van der Waals surface area (Å²) in [4.78, 5) is 13.2. The van der Waals surface area contributed by atoms with Crippen molar-refractivity contribution in [3.63, 3.8) is 0 Å². The van der Waals surface area contributed by atoms with Crippen molar-refractivity contribution in [2.24, 2.45) is 0 Å². The van der Waals surface area contributed by atoms with E-state index in [2.05, 4.69) is 10.6 Å². The van der Waals surface area contributed by atoms with Gasteiger partial charge in [-0.1, -0.05) is 0 Å². The van der Waals surface area contributed by atoms with Crippen molar-refractivity contribution < 1.29 is 18.7 Å². The Labute approximate surface area is 115 Å². The van der Waals surface area contributed by atoms with Crippen LogP contribution >= 0.6 is 0 Å². The third-order valence-electron chi connectivity index (χ3n) is 3.04. The minimum atomic E-state index is -2.62. The molecule has 110 valence electrons. The van der Waals surface area contributed by atoms with E-state index in [-0.39, 0.29) is 13.2 Å². The number of nitrogens with one attached hydrogen (secondary N) is 2. The van der Waals surface area contributed by atoms with Crippen molar-refractivity contribution in [2.75, 3.05) is 43.4 Å². The molecule has 1 amide bonds. The van der Waals surface area contributed by atoms with Gasteiger partial charge in [-0.15, -0.1) is 0 Å². The van der Waals surface area contributed by atoms with Crippen LogP contribution in [0.1, 0.15) is 10.4 Å². The van der Waals surface area contributed by atoms with Gasteiger partial charge in [0.25, 0.3) is 12.3 Å². The van der Waals surface area contributed by atoms with Crippen LogP contribution in [0.4, 0.5) is 20.2 Å². The molecule has 2 rings (SSSR count). The maximum absolute atomic E-state index is 12.5. The van der Waals surface area contributed by atoms with Gasteiger partial charge in [-0.2, -0.15) is 0 Å². The predicted octanol–water partition coefficient (Wildman–Crippen LogP) is 1.22. The molecule has 7 heteroatoms. The zero-order valence-corrected chi connectivity index (χ0v) is 10.9. The standard InChI is InChI=1S/C13H17F2N3O2/c14-12(15)8-18(5-6-19)13(20)9-1-2-10-11(7-9)17-4-3-16-10/h1-2,7,12,16-17,19H,3-6,8H2. The highest BCUT2D eigenvalue weighted by Crippen LogP contribution is 2.26. The van der Waals surface area contributed by atoms with E-state index in [1.54, 1.807) is 18.2 Å². The third kappa shape index (κ3) is 3.36. The Morgan fingerprint density at radius 3 is 2.65 bits per heavy atom. The summed E-state index contributed by atoms with van der Waals surface area (Å²) in [5, 5.41) is 15.2. The third-order valence-corrected chi connectivity index (χ3v) is 3.04. The maximum atomic E-state index is 12.5. The fraction of sp³-hybridized carbons (Fsp3) is 0.462. The monoisotopic (exact) mass is 285 g/mol. The quantitative estimate of drug-likeness (QED) is 0.761. The molecule has 1 aliphatic rings. The minimum absolute atomic E-state index is 0.105. The Kier molecular flexibility index (Phi) is 4.73. The zero-order valence-electron chi connectivity index (χ0n) is 10.9. The number of nitrogens with zero attached hydrogens (tertiary/aromatic N) is 1. The highest BCUT2D eigenvalue weighted by molar-refractivity contribution is 5.96. The highest BCUT2D eigenvalue weighted by atomic mass is 19.3. The van der Waals surface area contributed by atoms with Gasteiger partial charge in [0.2, 0.25) is 0 Å². The molecule has 1 heterocycles. The lowest BCUT2D eigenvalue weighted by Crippen LogP contribution is -2.37. The van der Waals surface area contributed by atoms with E-state index < -0.39 is 18.9 Å². The highest BCUT2D eigenvalue weighted by Gasteiger charge is 2.20. The van der Waals surface area contributed by atoms with E-state index in [0.717, 1.165) is 29.4 Å². The first-order valence-corrected chi connectivity index (χ1v) is 6.42. The van der Waals surface area contributed by atoms with Crippen molar-refractivity contribution in [3.8, 4) is 0 Å². The van der Waals surface area contributed by atoms with Gasteiger partial charge < -0.3 is 20.6 Å². The molecule has 0 atom stereocenters. The largest absolute Gasteiger partial charge is 0.395 e. The summed E-state index contributed by atoms with van der Waals surface area (Å²) in [6, 6.07) is 4.98. The SMILES string of the molecule is O=C(c1ccc2c(c1)NCCN2)N(CCO)CC(F)F. The Morgan fingerprint density at radius 2 is 2.00 bits per heavy atom. The summed E-state index contributed by atoms with van der Waals surface area (Å²) in [6.45, 7) is 0.404. The van der Waals surface area contributed by atoms with Crippen LogP contribution in [0.2, 0.25) is 0 Å². The van der Waals surface area contributed by atoms with Crippen LogP contribution in [0.5, 0.6) is 0 Å². The molecule has 0 aromatic heterocycles. The Hall–Kier alpha value is -1.89. The smallest absolute Gasteiger partial charge is 0.255 e. The van der Waals surface area contributed by atoms with Crippen molar-refractivity contribution >= 4 is 17.3 Å². The number of carbonyl (C=O) groups excluding carboxylic acids is 1. The number of anilines is 2. The fourth-order valence-electron chi connectivity index (χ4n) is 2.12. The van der Waals surface area contributed by atoms with E-state index in [9.17, 15) is 13.6 Å². The molecule has 0 fully saturated rings. The molecule has 0 radical (unpaired) electrons. The number of halogens is 2. The summed E-state index contributed by atoms with van der Waals surface area (Å²) < 4.78 is 24.9. The first-order valence-electron chi connectivity index (χ1n) is 6.42. The average molecular weight is 285 g/mol. The molecule has 5 nitrogen and oxygen atoms in total. The molecule has 1 aliphatic heterocycles. The fourth-order valence-corrected chi connectivity index (χ4v) is 2.12. The van der Waals surface area contributed by atoms with Gasteiger partial charge >= 0.3 is 0 Å². The lowest BCUT2D eigenvalue weighted by atomic mass is 10.1. The average Bonchev–Trinajstić information content (AvgIpc) is 2.45. The number of rotatable bonds is 5. The summed E-state index contributed by atoms with van der Waals surface area (Å²) in [5.74, 6) is -0.505. The molecular formula is C13H17F2N3O2. The molecule has 0 unspecified atom stereocenters. The summed E-state index contributed by atoms with van der Waals surface area (Å²) in [5.41, 5.74) is 1.99. The first kappa shape index (κ1) is 14.5. The number of amides is 1. The van der Waals surface area contributed by atoms with Gasteiger partial charge in [0.1, 0.15) is 0 Å². The van der Waals surface area contributed by atoms with Gasteiger partial charge in [-0.25, -0.2) is 8.78 Å². The molecule has 20 heavy (non-hydrogen) atoms. The number of benzene rings is 1. The number of fused-ring (bicyclic) bond motifs is 1. The minimum Gasteiger partial charge on any atom is -0.395 e. The topological polar surface area (TPSA) is 64.6 Å². The number of alkyl halides is 2. The Bertz CT molecular complexity index is 483. The van der Waals surface area contributed by atoms with E-state index in [0.29, 0.717) is 5.56 Å². The van der Waals surface area contributed by atoms with E-state index in [4.69, 9.17) is 5.11 Å². The van der Waals surface area contributed by atoms with Gasteiger partial charge in [0.05, 0.1) is 24.5 Å². The molecule has 0 spiro atoms. The number of aliphatic hydroxyl groups is 1. The number of hydrogen-bond acceptors (Lipinski definition) is 4. The summed E-state index contributed by atoms with van der Waals surface area (Å²) >= 11 is 0. The van der Waals surface area contributed by atoms with Crippen LogP contribution in [0, 0.1) is 0 Å². The van der Waals surface area contributed by atoms with E-state index in [1.165, 1.54) is 0 Å². The van der Waals surface area contributed by atoms with Gasteiger partial charge in [-0.05, 0) is 18.2 Å². The molecule has 0 saturated carbocycles. The Balaban J connectivity index is 2.17. The zero-order chi connectivity index (χ0) is 14.5. The van der Waals surface area contributed by atoms with Crippen LogP contribution < -0.4 is 10.6 Å². The maximum Gasteiger partial charge on any atom is 0.255 e. The number of aliphatic hydroxyl groups excluding tert-OH is 1. The van der Waals surface area contributed by atoms with Crippen molar-refractivity contribution in [3.05, 3.63) is 23.8 Å².